The van der Waals surface area contributed by atoms with E-state index in [4.69, 9.17) is 19.6 Å². The van der Waals surface area contributed by atoms with Gasteiger partial charge in [-0.05, 0) is 64.9 Å². The van der Waals surface area contributed by atoms with Gasteiger partial charge in [0.05, 0.1) is 6.61 Å². The number of ether oxygens (including phenoxy) is 2. The maximum atomic E-state index is 14.3. The third-order valence-corrected chi connectivity index (χ3v) is 8.19. The van der Waals surface area contributed by atoms with Crippen molar-refractivity contribution in [1.29, 1.82) is 0 Å². The minimum absolute atomic E-state index is 0.0118. The predicted octanol–water partition coefficient (Wildman–Crippen LogP) is 6.23. The van der Waals surface area contributed by atoms with Crippen LogP contribution in [-0.4, -0.2) is 41.7 Å². The molecule has 6 heteroatoms. The number of aliphatic hydroxyl groups excluding tert-OH is 1. The number of carbonyl (C=O) groups is 1. The fraction of sp³-hybridized carbons (Fsp3) is 0.243. The highest BCUT2D eigenvalue weighted by Crippen LogP contribution is 2.43. The molecular formula is C37H36N2O4. The van der Waals surface area contributed by atoms with E-state index in [1.807, 2.05) is 66.7 Å². The lowest BCUT2D eigenvalue weighted by Gasteiger charge is -2.31. The first-order chi connectivity index (χ1) is 21.1. The molecule has 2 aliphatic rings. The summed E-state index contributed by atoms with van der Waals surface area (Å²) in [7, 11) is 0. The normalized spacial score (nSPS) is 19.3. The number of nitrogens with one attached hydrogen (secondary N) is 1. The van der Waals surface area contributed by atoms with Crippen molar-refractivity contribution in [2.45, 2.75) is 43.4 Å². The number of rotatable bonds is 11. The number of hydrogen-bond donors (Lipinski definition) is 2. The zero-order chi connectivity index (χ0) is 29.6. The third kappa shape index (κ3) is 5.97. The Morgan fingerprint density at radius 2 is 1.53 bits per heavy atom. The second kappa shape index (κ2) is 12.7. The summed E-state index contributed by atoms with van der Waals surface area (Å²) in [5.74, 6) is 0.937. The summed E-state index contributed by atoms with van der Waals surface area (Å²) in [5.41, 5.74) is 5.15. The van der Waals surface area contributed by atoms with Crippen molar-refractivity contribution in [3.8, 4) is 16.9 Å². The molecule has 43 heavy (non-hydrogen) atoms. The van der Waals surface area contributed by atoms with E-state index in [1.165, 1.54) is 11.1 Å². The van der Waals surface area contributed by atoms with Crippen LogP contribution in [0.1, 0.15) is 41.2 Å². The van der Waals surface area contributed by atoms with Crippen LogP contribution in [0.25, 0.3) is 11.1 Å². The van der Waals surface area contributed by atoms with E-state index in [0.717, 1.165) is 35.1 Å². The average molecular weight is 573 g/mol. The molecule has 218 valence electrons. The summed E-state index contributed by atoms with van der Waals surface area (Å²) in [6, 6.07) is 34.2. The Balaban J connectivity index is 1.32. The summed E-state index contributed by atoms with van der Waals surface area (Å²) < 4.78 is 12.3. The minimum atomic E-state index is -1.23. The summed E-state index contributed by atoms with van der Waals surface area (Å²) >= 11 is 0. The van der Waals surface area contributed by atoms with Gasteiger partial charge in [-0.1, -0.05) is 84.9 Å². The topological polar surface area (TPSA) is 80.2 Å². The van der Waals surface area contributed by atoms with Gasteiger partial charge in [-0.25, -0.2) is 4.99 Å². The maximum absolute atomic E-state index is 14.3. The number of nitrogens with zero attached hydrogens (tertiary/aromatic N) is 1. The molecule has 1 aliphatic carbocycles. The Kier molecular flexibility index (Phi) is 8.38. The third-order valence-electron chi connectivity index (χ3n) is 8.19. The Hall–Kier alpha value is -4.68. The van der Waals surface area contributed by atoms with Crippen LogP contribution >= 0.6 is 0 Å². The summed E-state index contributed by atoms with van der Waals surface area (Å²) in [5, 5.41) is 12.4. The summed E-state index contributed by atoms with van der Waals surface area (Å²) in [4.78, 5) is 19.4. The second-order valence-electron chi connectivity index (χ2n) is 11.1. The lowest BCUT2D eigenvalue weighted by molar-refractivity contribution is -0.129. The van der Waals surface area contributed by atoms with Crippen molar-refractivity contribution in [3.63, 3.8) is 0 Å². The molecule has 0 aromatic heterocycles. The van der Waals surface area contributed by atoms with Gasteiger partial charge >= 0.3 is 0 Å². The Morgan fingerprint density at radius 3 is 2.19 bits per heavy atom. The van der Waals surface area contributed by atoms with Gasteiger partial charge in [-0.3, -0.25) is 4.79 Å². The van der Waals surface area contributed by atoms with Crippen LogP contribution in [0.5, 0.6) is 5.75 Å². The summed E-state index contributed by atoms with van der Waals surface area (Å²) in [6.45, 7) is 4.52. The predicted molar refractivity (Wildman–Crippen MR) is 169 cm³/mol. The molecule has 0 fully saturated rings. The first-order valence-corrected chi connectivity index (χ1v) is 14.8. The Bertz CT molecular complexity index is 1570. The molecule has 0 saturated heterocycles. The van der Waals surface area contributed by atoms with E-state index in [-0.39, 0.29) is 18.6 Å². The van der Waals surface area contributed by atoms with E-state index in [1.54, 1.807) is 6.08 Å². The number of aliphatic imine (C=N–C) groups is 1. The lowest BCUT2D eigenvalue weighted by Crippen LogP contribution is -2.51. The SMILES string of the molecule is C=CC[C@@]1(C(=O)NC2Cc3ccccc3C2)N=C(c2ccc(OCCCO)cc2)O[C@@H]1c1ccc(-c2ccccc2)cc1. The Labute approximate surface area is 252 Å². The first-order valence-electron chi connectivity index (χ1n) is 14.8. The molecule has 4 aromatic carbocycles. The number of amides is 1. The van der Waals surface area contributed by atoms with Gasteiger partial charge in [-0.2, -0.15) is 0 Å². The highest BCUT2D eigenvalue weighted by molar-refractivity contribution is 6.01. The molecule has 4 aromatic rings. The molecule has 0 unspecified atom stereocenters. The van der Waals surface area contributed by atoms with E-state index in [2.05, 4.69) is 48.3 Å². The molecular weight excluding hydrogens is 536 g/mol. The van der Waals surface area contributed by atoms with E-state index in [9.17, 15) is 4.79 Å². The van der Waals surface area contributed by atoms with Crippen molar-refractivity contribution in [3.05, 3.63) is 138 Å². The minimum Gasteiger partial charge on any atom is -0.494 e. The number of carbonyl (C=O) groups excluding carboxylic acids is 1. The quantitative estimate of drug-likeness (QED) is 0.165. The van der Waals surface area contributed by atoms with Crippen molar-refractivity contribution >= 4 is 11.8 Å². The molecule has 1 amide bonds. The van der Waals surface area contributed by atoms with Gasteiger partial charge in [0.25, 0.3) is 5.91 Å². The molecule has 2 atom stereocenters. The largest absolute Gasteiger partial charge is 0.494 e. The molecule has 1 aliphatic heterocycles. The molecule has 0 bridgehead atoms. The standard InChI is InChI=1S/C37H36N2O4/c1-2-21-37(36(41)38-32-24-30-11-6-7-12-31(30)25-32)34(28-15-13-27(14-16-28)26-9-4-3-5-10-26)43-35(39-37)29-17-19-33(20-18-29)42-23-8-22-40/h2-7,9-20,32,34,40H,1,8,21-25H2,(H,38,41)/t34-,37-/m1/s1. The Morgan fingerprint density at radius 1 is 0.907 bits per heavy atom. The van der Waals surface area contributed by atoms with Crippen LogP contribution < -0.4 is 10.1 Å². The monoisotopic (exact) mass is 572 g/mol. The van der Waals surface area contributed by atoms with Crippen LogP contribution in [0.2, 0.25) is 0 Å². The molecule has 6 rings (SSSR count). The average Bonchev–Trinajstić information content (AvgIpc) is 3.64. The maximum Gasteiger partial charge on any atom is 0.252 e. The van der Waals surface area contributed by atoms with E-state index < -0.39 is 11.6 Å². The van der Waals surface area contributed by atoms with Gasteiger partial charge in [0.15, 0.2) is 11.6 Å². The van der Waals surface area contributed by atoms with E-state index in [0.29, 0.717) is 31.1 Å². The van der Waals surface area contributed by atoms with Crippen molar-refractivity contribution in [2.75, 3.05) is 13.2 Å². The lowest BCUT2D eigenvalue weighted by atomic mass is 9.83. The van der Waals surface area contributed by atoms with E-state index >= 15 is 0 Å². The van der Waals surface area contributed by atoms with Crippen LogP contribution in [-0.2, 0) is 22.4 Å². The molecule has 0 spiro atoms. The van der Waals surface area contributed by atoms with Crippen LogP contribution in [0.3, 0.4) is 0 Å². The molecule has 0 radical (unpaired) electrons. The van der Waals surface area contributed by atoms with Gasteiger partial charge in [0.2, 0.25) is 5.90 Å². The van der Waals surface area contributed by atoms with Crippen molar-refractivity contribution in [1.82, 2.24) is 5.32 Å². The zero-order valence-corrected chi connectivity index (χ0v) is 24.1. The number of hydrogen-bond acceptors (Lipinski definition) is 5. The van der Waals surface area contributed by atoms with Gasteiger partial charge < -0.3 is 19.9 Å². The molecule has 1 heterocycles. The van der Waals surface area contributed by atoms with Crippen molar-refractivity contribution < 1.29 is 19.4 Å². The molecule has 0 saturated carbocycles. The van der Waals surface area contributed by atoms with Crippen LogP contribution in [0, 0.1) is 0 Å². The molecule has 6 nitrogen and oxygen atoms in total. The smallest absolute Gasteiger partial charge is 0.252 e. The van der Waals surface area contributed by atoms with Crippen molar-refractivity contribution in [2.24, 2.45) is 4.99 Å². The summed E-state index contributed by atoms with van der Waals surface area (Å²) in [6.07, 6.45) is 3.57. The zero-order valence-electron chi connectivity index (χ0n) is 24.1. The van der Waals surface area contributed by atoms with Crippen LogP contribution in [0.15, 0.2) is 121 Å². The first kappa shape index (κ1) is 28.4. The number of fused-ring (bicyclic) bond motifs is 1. The number of benzene rings is 4. The van der Waals surface area contributed by atoms with Gasteiger partial charge in [-0.15, -0.1) is 6.58 Å². The highest BCUT2D eigenvalue weighted by Gasteiger charge is 2.53. The number of aliphatic hydroxyl groups is 1. The highest BCUT2D eigenvalue weighted by atomic mass is 16.5. The second-order valence-corrected chi connectivity index (χ2v) is 11.1. The molecule has 2 N–H and O–H groups in total. The van der Waals surface area contributed by atoms with Gasteiger partial charge in [0, 0.05) is 31.1 Å². The van der Waals surface area contributed by atoms with Gasteiger partial charge in [0.1, 0.15) is 5.75 Å². The fourth-order valence-electron chi connectivity index (χ4n) is 5.99. The van der Waals surface area contributed by atoms with Crippen LogP contribution in [0.4, 0.5) is 0 Å². The fourth-order valence-corrected chi connectivity index (χ4v) is 5.99.